The van der Waals surface area contributed by atoms with E-state index in [4.69, 9.17) is 0 Å². The van der Waals surface area contributed by atoms with Crippen LogP contribution in [0.2, 0.25) is 0 Å². The predicted molar refractivity (Wildman–Crippen MR) is 144 cm³/mol. The first-order valence-corrected chi connectivity index (χ1v) is 13.6. The van der Waals surface area contributed by atoms with Gasteiger partial charge in [0.05, 0.1) is 0 Å². The van der Waals surface area contributed by atoms with Crippen LogP contribution >= 0.6 is 0 Å². The number of carbonyl (C=O) groups is 1. The van der Waals surface area contributed by atoms with Crippen LogP contribution in [-0.2, 0) is 11.2 Å². The zero-order chi connectivity index (χ0) is 23.5. The highest BCUT2D eigenvalue weighted by Crippen LogP contribution is 2.43. The Hall–Kier alpha value is -2.15. The molecule has 2 atom stereocenters. The van der Waals surface area contributed by atoms with Gasteiger partial charge in [0.25, 0.3) is 0 Å². The van der Waals surface area contributed by atoms with Crippen molar-refractivity contribution in [1.29, 1.82) is 0 Å². The molecule has 178 valence electrons. The number of ketones is 1. The van der Waals surface area contributed by atoms with E-state index in [1.54, 1.807) is 0 Å². The molecule has 0 saturated heterocycles. The highest BCUT2D eigenvalue weighted by molar-refractivity contribution is 5.91. The number of fused-ring (bicyclic) bond motifs is 1. The summed E-state index contributed by atoms with van der Waals surface area (Å²) < 4.78 is 0. The van der Waals surface area contributed by atoms with E-state index >= 15 is 0 Å². The highest BCUT2D eigenvalue weighted by Gasteiger charge is 2.24. The Morgan fingerprint density at radius 2 is 1.70 bits per heavy atom. The molecule has 0 spiro atoms. The molecule has 1 heteroatoms. The van der Waals surface area contributed by atoms with Crippen molar-refractivity contribution in [2.75, 3.05) is 0 Å². The SMILES string of the molecule is CCCCCCCC(=O)C(CC)CCCCc1cccc(C2=Cc3ccccc3C2CC)c1. The van der Waals surface area contributed by atoms with E-state index < -0.39 is 0 Å². The Morgan fingerprint density at radius 3 is 2.48 bits per heavy atom. The van der Waals surface area contributed by atoms with Crippen LogP contribution in [0.3, 0.4) is 0 Å². The van der Waals surface area contributed by atoms with Crippen LogP contribution in [0.15, 0.2) is 48.5 Å². The average Bonchev–Trinajstić information content (AvgIpc) is 3.23. The molecule has 0 aliphatic heterocycles. The lowest BCUT2D eigenvalue weighted by molar-refractivity contribution is -0.123. The molecule has 0 aromatic heterocycles. The van der Waals surface area contributed by atoms with E-state index in [9.17, 15) is 4.79 Å². The number of hydrogen-bond acceptors (Lipinski definition) is 1. The van der Waals surface area contributed by atoms with Gasteiger partial charge in [-0.2, -0.15) is 0 Å². The zero-order valence-electron chi connectivity index (χ0n) is 21.2. The van der Waals surface area contributed by atoms with Crippen LogP contribution < -0.4 is 0 Å². The third-order valence-corrected chi connectivity index (χ3v) is 7.47. The number of unbranched alkanes of at least 4 members (excludes halogenated alkanes) is 5. The summed E-state index contributed by atoms with van der Waals surface area (Å²) in [5.41, 5.74) is 7.12. The summed E-state index contributed by atoms with van der Waals surface area (Å²) in [4.78, 5) is 12.6. The molecule has 1 aliphatic carbocycles. The lowest BCUT2D eigenvalue weighted by Gasteiger charge is -2.16. The second kappa shape index (κ2) is 13.5. The van der Waals surface area contributed by atoms with E-state index in [-0.39, 0.29) is 5.92 Å². The zero-order valence-corrected chi connectivity index (χ0v) is 21.2. The average molecular weight is 445 g/mol. The fourth-order valence-corrected chi connectivity index (χ4v) is 5.45. The van der Waals surface area contributed by atoms with Crippen molar-refractivity contribution in [1.82, 2.24) is 0 Å². The number of aryl methyl sites for hydroxylation is 1. The molecular weight excluding hydrogens is 400 g/mol. The molecule has 2 unspecified atom stereocenters. The maximum atomic E-state index is 12.6. The van der Waals surface area contributed by atoms with Gasteiger partial charge in [-0.3, -0.25) is 4.79 Å². The predicted octanol–water partition coefficient (Wildman–Crippen LogP) is 9.40. The van der Waals surface area contributed by atoms with Crippen molar-refractivity contribution in [2.45, 2.75) is 104 Å². The molecule has 0 heterocycles. The van der Waals surface area contributed by atoms with E-state index in [0.29, 0.717) is 11.7 Å². The summed E-state index contributed by atoms with van der Waals surface area (Å²) >= 11 is 0. The van der Waals surface area contributed by atoms with Crippen molar-refractivity contribution < 1.29 is 4.79 Å². The standard InChI is InChI=1S/C32H44O/c1-4-7-8-9-10-22-32(33)26(5-2)18-12-11-16-25-17-15-20-27(23-25)31-24-28-19-13-14-21-30(28)29(31)6-3/h13-15,17,19-21,23-24,26,29H,4-12,16,18,22H2,1-3H3. The second-order valence-electron chi connectivity index (χ2n) is 9.87. The molecule has 0 N–H and O–H groups in total. The number of hydrogen-bond donors (Lipinski definition) is 0. The quantitative estimate of drug-likeness (QED) is 0.250. The second-order valence-corrected chi connectivity index (χ2v) is 9.87. The maximum Gasteiger partial charge on any atom is 0.135 e. The summed E-state index contributed by atoms with van der Waals surface area (Å²) in [6, 6.07) is 18.0. The van der Waals surface area contributed by atoms with E-state index in [2.05, 4.69) is 75.4 Å². The van der Waals surface area contributed by atoms with Crippen molar-refractivity contribution in [2.24, 2.45) is 5.92 Å². The Balaban J connectivity index is 1.48. The van der Waals surface area contributed by atoms with Crippen LogP contribution in [0, 0.1) is 5.92 Å². The number of Topliss-reactive ketones (excluding diaryl/α,β-unsaturated/α-hetero) is 1. The Morgan fingerprint density at radius 1 is 0.879 bits per heavy atom. The normalized spacial score (nSPS) is 15.8. The molecule has 1 nitrogen and oxygen atoms in total. The minimum atomic E-state index is 0.273. The monoisotopic (exact) mass is 444 g/mol. The third-order valence-electron chi connectivity index (χ3n) is 7.47. The van der Waals surface area contributed by atoms with Crippen LogP contribution in [0.25, 0.3) is 11.6 Å². The first kappa shape index (κ1) is 25.5. The molecule has 1 aliphatic rings. The molecular formula is C32H44O. The van der Waals surface area contributed by atoms with Gasteiger partial charge in [-0.15, -0.1) is 0 Å². The van der Waals surface area contributed by atoms with Crippen LogP contribution in [0.5, 0.6) is 0 Å². The topological polar surface area (TPSA) is 17.1 Å². The van der Waals surface area contributed by atoms with Gasteiger partial charge in [-0.25, -0.2) is 0 Å². The maximum absolute atomic E-state index is 12.6. The minimum Gasteiger partial charge on any atom is -0.299 e. The Labute approximate surface area is 202 Å². The van der Waals surface area contributed by atoms with E-state index in [1.807, 2.05) is 0 Å². The summed E-state index contributed by atoms with van der Waals surface area (Å²) in [6.45, 7) is 6.71. The number of rotatable bonds is 15. The van der Waals surface area contributed by atoms with Gasteiger partial charge < -0.3 is 0 Å². The molecule has 2 aromatic carbocycles. The van der Waals surface area contributed by atoms with Crippen LogP contribution in [0.1, 0.15) is 120 Å². The fourth-order valence-electron chi connectivity index (χ4n) is 5.45. The summed E-state index contributed by atoms with van der Waals surface area (Å²) in [5, 5.41) is 0. The van der Waals surface area contributed by atoms with Gasteiger partial charge >= 0.3 is 0 Å². The van der Waals surface area contributed by atoms with Gasteiger partial charge in [0, 0.05) is 18.3 Å². The van der Waals surface area contributed by atoms with E-state index in [1.165, 1.54) is 59.9 Å². The molecule has 2 aromatic rings. The van der Waals surface area contributed by atoms with Gasteiger partial charge in [-0.05, 0) is 66.4 Å². The molecule has 0 radical (unpaired) electrons. The number of benzene rings is 2. The summed E-state index contributed by atoms with van der Waals surface area (Å²) in [7, 11) is 0. The number of carbonyl (C=O) groups excluding carboxylic acids is 1. The summed E-state index contributed by atoms with van der Waals surface area (Å²) in [6.07, 6.45) is 15.9. The van der Waals surface area contributed by atoms with Crippen molar-refractivity contribution in [3.63, 3.8) is 0 Å². The molecule has 0 amide bonds. The van der Waals surface area contributed by atoms with Crippen LogP contribution in [-0.4, -0.2) is 5.78 Å². The Kier molecular flexibility index (Phi) is 10.4. The lowest BCUT2D eigenvalue weighted by Crippen LogP contribution is -2.13. The van der Waals surface area contributed by atoms with Gasteiger partial charge in [0.2, 0.25) is 0 Å². The fraction of sp³-hybridized carbons (Fsp3) is 0.531. The van der Waals surface area contributed by atoms with E-state index in [0.717, 1.165) is 44.9 Å². The van der Waals surface area contributed by atoms with Gasteiger partial charge in [-0.1, -0.05) is 107 Å². The van der Waals surface area contributed by atoms with Crippen molar-refractivity contribution in [3.8, 4) is 0 Å². The molecule has 33 heavy (non-hydrogen) atoms. The molecule has 0 bridgehead atoms. The largest absolute Gasteiger partial charge is 0.299 e. The molecule has 3 rings (SSSR count). The van der Waals surface area contributed by atoms with Gasteiger partial charge in [0.15, 0.2) is 0 Å². The van der Waals surface area contributed by atoms with Crippen molar-refractivity contribution in [3.05, 3.63) is 70.8 Å². The highest BCUT2D eigenvalue weighted by atomic mass is 16.1. The molecule has 0 saturated carbocycles. The number of allylic oxidation sites excluding steroid dienone is 1. The van der Waals surface area contributed by atoms with Crippen molar-refractivity contribution >= 4 is 17.4 Å². The smallest absolute Gasteiger partial charge is 0.135 e. The first-order valence-electron chi connectivity index (χ1n) is 13.6. The summed E-state index contributed by atoms with van der Waals surface area (Å²) in [5.74, 6) is 1.29. The first-order chi connectivity index (χ1) is 16.2. The van der Waals surface area contributed by atoms with Gasteiger partial charge in [0.1, 0.15) is 5.78 Å². The third kappa shape index (κ3) is 7.16. The molecule has 0 fully saturated rings. The lowest BCUT2D eigenvalue weighted by atomic mass is 9.88. The Bertz CT molecular complexity index is 906. The van der Waals surface area contributed by atoms with Crippen LogP contribution in [0.4, 0.5) is 0 Å². The minimum absolute atomic E-state index is 0.273.